The fraction of sp³-hybridized carbons (Fsp3) is 0.353. The predicted molar refractivity (Wildman–Crippen MR) is 87.8 cm³/mol. The molecule has 21 heavy (non-hydrogen) atoms. The molecule has 4 heteroatoms. The molecule has 0 fully saturated rings. The number of halogens is 1. The second-order valence-electron chi connectivity index (χ2n) is 5.35. The number of aromatic nitrogens is 1. The summed E-state index contributed by atoms with van der Waals surface area (Å²) in [5, 5.41) is 3.46. The molecule has 3 rings (SSSR count). The van der Waals surface area contributed by atoms with Crippen LogP contribution in [0.15, 0.2) is 41.0 Å². The van der Waals surface area contributed by atoms with Gasteiger partial charge in [0.2, 0.25) is 0 Å². The van der Waals surface area contributed by atoms with Gasteiger partial charge in [-0.15, -0.1) is 0 Å². The zero-order valence-electron chi connectivity index (χ0n) is 12.3. The average Bonchev–Trinajstić information content (AvgIpc) is 2.93. The van der Waals surface area contributed by atoms with Gasteiger partial charge in [-0.2, -0.15) is 0 Å². The van der Waals surface area contributed by atoms with E-state index in [1.807, 2.05) is 25.4 Å². The first-order chi connectivity index (χ1) is 10.2. The summed E-state index contributed by atoms with van der Waals surface area (Å²) in [6, 6.07) is 10.8. The topological polar surface area (TPSA) is 34.1 Å². The highest BCUT2D eigenvalue weighted by molar-refractivity contribution is 9.10. The quantitative estimate of drug-likeness (QED) is 0.912. The molecule has 0 amide bonds. The van der Waals surface area contributed by atoms with Crippen molar-refractivity contribution < 1.29 is 4.74 Å². The van der Waals surface area contributed by atoms with Gasteiger partial charge in [0.05, 0.1) is 11.6 Å². The van der Waals surface area contributed by atoms with Crippen LogP contribution in [0.2, 0.25) is 0 Å². The largest absolute Gasteiger partial charge is 0.496 e. The third-order valence-corrected chi connectivity index (χ3v) is 4.87. The number of fused-ring (bicyclic) bond motifs is 1. The van der Waals surface area contributed by atoms with Gasteiger partial charge in [-0.1, -0.05) is 12.1 Å². The summed E-state index contributed by atoms with van der Waals surface area (Å²) in [6.07, 6.45) is 4.15. The van der Waals surface area contributed by atoms with Gasteiger partial charge >= 0.3 is 0 Å². The lowest BCUT2D eigenvalue weighted by atomic mass is 9.91. The van der Waals surface area contributed by atoms with Crippen LogP contribution in [0, 0.1) is 0 Å². The third kappa shape index (κ3) is 2.70. The van der Waals surface area contributed by atoms with Gasteiger partial charge in [0, 0.05) is 23.9 Å². The molecule has 0 saturated carbocycles. The molecule has 1 aliphatic rings. The van der Waals surface area contributed by atoms with Crippen molar-refractivity contribution in [2.75, 3.05) is 14.2 Å². The number of methoxy groups -OCH3 is 1. The molecular weight excluding hydrogens is 328 g/mol. The van der Waals surface area contributed by atoms with E-state index in [1.54, 1.807) is 7.11 Å². The minimum absolute atomic E-state index is 0.267. The Morgan fingerprint density at radius 2 is 2.24 bits per heavy atom. The van der Waals surface area contributed by atoms with Crippen LogP contribution in [0.1, 0.15) is 35.2 Å². The summed E-state index contributed by atoms with van der Waals surface area (Å²) in [5.41, 5.74) is 3.88. The van der Waals surface area contributed by atoms with Crippen molar-refractivity contribution in [2.45, 2.75) is 24.8 Å². The highest BCUT2D eigenvalue weighted by atomic mass is 79.9. The van der Waals surface area contributed by atoms with Gasteiger partial charge in [-0.05, 0) is 65.1 Å². The molecular formula is C17H19BrN2O. The SMILES string of the molecule is CNC(c1ccc(OC)c(Br)c1)C1CCc2cccnc21. The van der Waals surface area contributed by atoms with E-state index in [1.165, 1.54) is 16.8 Å². The van der Waals surface area contributed by atoms with Gasteiger partial charge in [0.1, 0.15) is 5.75 Å². The van der Waals surface area contributed by atoms with E-state index >= 15 is 0 Å². The first-order valence-electron chi connectivity index (χ1n) is 7.19. The predicted octanol–water partition coefficient (Wildman–Crippen LogP) is 3.84. The van der Waals surface area contributed by atoms with Crippen LogP contribution < -0.4 is 10.1 Å². The smallest absolute Gasteiger partial charge is 0.133 e. The molecule has 1 aromatic carbocycles. The fourth-order valence-corrected chi connectivity index (χ4v) is 3.80. The molecule has 0 aliphatic heterocycles. The molecule has 3 nitrogen and oxygen atoms in total. The summed E-state index contributed by atoms with van der Waals surface area (Å²) < 4.78 is 6.30. The van der Waals surface area contributed by atoms with Crippen LogP contribution in [0.3, 0.4) is 0 Å². The number of rotatable bonds is 4. The first-order valence-corrected chi connectivity index (χ1v) is 7.98. The minimum atomic E-state index is 0.267. The standard InChI is InChI=1S/C17H19BrN2O/c1-19-16(12-6-8-15(21-2)14(18)10-12)13-7-5-11-4-3-9-20-17(11)13/h3-4,6,8-10,13,16,19H,5,7H2,1-2H3. The average molecular weight is 347 g/mol. The van der Waals surface area contributed by atoms with Crippen molar-refractivity contribution in [2.24, 2.45) is 0 Å². The zero-order chi connectivity index (χ0) is 14.8. The second-order valence-corrected chi connectivity index (χ2v) is 6.21. The lowest BCUT2D eigenvalue weighted by molar-refractivity contribution is 0.411. The van der Waals surface area contributed by atoms with Crippen LogP contribution in [-0.2, 0) is 6.42 Å². The van der Waals surface area contributed by atoms with Gasteiger partial charge in [-0.3, -0.25) is 4.98 Å². The van der Waals surface area contributed by atoms with E-state index in [0.717, 1.165) is 23.1 Å². The maximum absolute atomic E-state index is 5.32. The molecule has 1 aromatic heterocycles. The highest BCUT2D eigenvalue weighted by Crippen LogP contribution is 2.41. The summed E-state index contributed by atoms with van der Waals surface area (Å²) in [4.78, 5) is 4.61. The number of hydrogen-bond donors (Lipinski definition) is 1. The minimum Gasteiger partial charge on any atom is -0.496 e. The number of likely N-dealkylation sites (N-methyl/N-ethyl adjacent to an activating group) is 1. The Hall–Kier alpha value is -1.39. The number of ether oxygens (including phenoxy) is 1. The van der Waals surface area contributed by atoms with E-state index in [0.29, 0.717) is 5.92 Å². The lowest BCUT2D eigenvalue weighted by Crippen LogP contribution is -2.23. The molecule has 2 unspecified atom stereocenters. The van der Waals surface area contributed by atoms with Gasteiger partial charge in [0.25, 0.3) is 0 Å². The molecule has 0 bridgehead atoms. The Morgan fingerprint density at radius 3 is 2.95 bits per heavy atom. The Kier molecular flexibility index (Phi) is 4.27. The van der Waals surface area contributed by atoms with E-state index in [2.05, 4.69) is 44.4 Å². The van der Waals surface area contributed by atoms with E-state index in [-0.39, 0.29) is 6.04 Å². The molecule has 0 radical (unpaired) electrons. The van der Waals surface area contributed by atoms with Crippen LogP contribution in [0.4, 0.5) is 0 Å². The Labute approximate surface area is 133 Å². The maximum atomic E-state index is 5.32. The van der Waals surface area contributed by atoms with Crippen molar-refractivity contribution in [3.05, 3.63) is 57.8 Å². The van der Waals surface area contributed by atoms with Crippen molar-refractivity contribution in [1.29, 1.82) is 0 Å². The monoisotopic (exact) mass is 346 g/mol. The van der Waals surface area contributed by atoms with Crippen LogP contribution >= 0.6 is 15.9 Å². The number of nitrogens with zero attached hydrogens (tertiary/aromatic N) is 1. The summed E-state index contributed by atoms with van der Waals surface area (Å²) in [6.45, 7) is 0. The van der Waals surface area contributed by atoms with E-state index in [9.17, 15) is 0 Å². The van der Waals surface area contributed by atoms with Crippen LogP contribution in [0.25, 0.3) is 0 Å². The van der Waals surface area contributed by atoms with Gasteiger partial charge in [0.15, 0.2) is 0 Å². The molecule has 1 N–H and O–H groups in total. The van der Waals surface area contributed by atoms with E-state index < -0.39 is 0 Å². The van der Waals surface area contributed by atoms with Crippen LogP contribution in [-0.4, -0.2) is 19.1 Å². The molecule has 2 atom stereocenters. The molecule has 1 heterocycles. The van der Waals surface area contributed by atoms with Crippen LogP contribution in [0.5, 0.6) is 5.75 Å². The molecule has 2 aromatic rings. The Balaban J connectivity index is 1.95. The summed E-state index contributed by atoms with van der Waals surface area (Å²) in [5.74, 6) is 1.28. The van der Waals surface area contributed by atoms with Crippen molar-refractivity contribution >= 4 is 15.9 Å². The summed E-state index contributed by atoms with van der Waals surface area (Å²) >= 11 is 3.58. The Bertz CT molecular complexity index is 644. The van der Waals surface area contributed by atoms with E-state index in [4.69, 9.17) is 4.74 Å². The normalized spacial score (nSPS) is 18.3. The van der Waals surface area contributed by atoms with Gasteiger partial charge < -0.3 is 10.1 Å². The van der Waals surface area contributed by atoms with Crippen molar-refractivity contribution in [1.82, 2.24) is 10.3 Å². The fourth-order valence-electron chi connectivity index (χ4n) is 3.24. The maximum Gasteiger partial charge on any atom is 0.133 e. The number of pyridine rings is 1. The number of benzene rings is 1. The summed E-state index contributed by atoms with van der Waals surface area (Å²) in [7, 11) is 3.70. The molecule has 0 saturated heterocycles. The zero-order valence-corrected chi connectivity index (χ0v) is 13.9. The van der Waals surface area contributed by atoms with Gasteiger partial charge in [-0.25, -0.2) is 0 Å². The third-order valence-electron chi connectivity index (χ3n) is 4.25. The Morgan fingerprint density at radius 1 is 1.38 bits per heavy atom. The number of nitrogens with one attached hydrogen (secondary N) is 1. The number of hydrogen-bond acceptors (Lipinski definition) is 3. The molecule has 1 aliphatic carbocycles. The molecule has 0 spiro atoms. The highest BCUT2D eigenvalue weighted by Gasteiger charge is 2.31. The lowest BCUT2D eigenvalue weighted by Gasteiger charge is -2.24. The number of aryl methyl sites for hydroxylation is 1. The molecule has 110 valence electrons. The second kappa shape index (κ2) is 6.16. The van der Waals surface area contributed by atoms with Crippen molar-refractivity contribution in [3.8, 4) is 5.75 Å². The first kappa shape index (κ1) is 14.5. The van der Waals surface area contributed by atoms with Crippen molar-refractivity contribution in [3.63, 3.8) is 0 Å².